The minimum absolute atomic E-state index is 0.0719. The minimum Gasteiger partial charge on any atom is -0.511 e. The summed E-state index contributed by atoms with van der Waals surface area (Å²) < 4.78 is 0. The Hall–Kier alpha value is -3.86. The normalized spacial score (nSPS) is 26.3. The van der Waals surface area contributed by atoms with Gasteiger partial charge >= 0.3 is 0 Å². The molecule has 186 valence electrons. The number of anilines is 1. The number of Topliss-reactive ketones (excluding diaryl/α,β-unsaturated/α-hetero) is 2. The second kappa shape index (κ2) is 8.12. The van der Waals surface area contributed by atoms with E-state index in [1.54, 1.807) is 32.0 Å². The summed E-state index contributed by atoms with van der Waals surface area (Å²) in [5.41, 5.74) is 3.26. The number of nitrogens with zero attached hydrogens (tertiary/aromatic N) is 2. The summed E-state index contributed by atoms with van der Waals surface area (Å²) in [5, 5.41) is 47.6. The zero-order valence-electron chi connectivity index (χ0n) is 19.7. The first kappa shape index (κ1) is 24.3. The number of aliphatic hydroxyl groups is 3. The predicted molar refractivity (Wildman–Crippen MR) is 124 cm³/mol. The fraction of sp³-hybridized carbons (Fsp3) is 0.417. The molecule has 3 aliphatic rings. The summed E-state index contributed by atoms with van der Waals surface area (Å²) in [6.45, 7) is 1.59. The molecule has 3 aliphatic carbocycles. The molecule has 1 amide bonds. The number of benzene rings is 1. The zero-order chi connectivity index (χ0) is 26.0. The van der Waals surface area contributed by atoms with Gasteiger partial charge in [0.15, 0.2) is 11.4 Å². The van der Waals surface area contributed by atoms with Gasteiger partial charge in [-0.3, -0.25) is 14.4 Å². The average molecular weight is 485 g/mol. The van der Waals surface area contributed by atoms with Crippen LogP contribution in [0.3, 0.4) is 0 Å². The minimum atomic E-state index is -2.60. The van der Waals surface area contributed by atoms with Gasteiger partial charge in [-0.25, -0.2) is 0 Å². The molecule has 3 atom stereocenters. The highest BCUT2D eigenvalue weighted by molar-refractivity contribution is 6.24. The summed E-state index contributed by atoms with van der Waals surface area (Å²) in [5.74, 6) is -6.64. The number of aromatic hydroxyl groups is 1. The smallest absolute Gasteiger partial charge is 0.255 e. The topological polar surface area (TPSA) is 183 Å². The summed E-state index contributed by atoms with van der Waals surface area (Å²) in [6, 6.07) is 1.69. The van der Waals surface area contributed by atoms with E-state index < -0.39 is 52.0 Å². The summed E-state index contributed by atoms with van der Waals surface area (Å²) in [7, 11) is 4.90. The number of nitrogens with two attached hydrogens (primary N) is 1. The lowest BCUT2D eigenvalue weighted by Crippen LogP contribution is -2.57. The van der Waals surface area contributed by atoms with Crippen molar-refractivity contribution in [3.63, 3.8) is 0 Å². The van der Waals surface area contributed by atoms with Gasteiger partial charge in [0, 0.05) is 43.3 Å². The molecule has 0 saturated carbocycles. The van der Waals surface area contributed by atoms with Crippen molar-refractivity contribution in [1.82, 2.24) is 0 Å². The second-order valence-corrected chi connectivity index (χ2v) is 9.31. The van der Waals surface area contributed by atoms with E-state index in [2.05, 4.69) is 5.16 Å². The van der Waals surface area contributed by atoms with Gasteiger partial charge in [-0.15, -0.1) is 0 Å². The maximum absolute atomic E-state index is 13.7. The Morgan fingerprint density at radius 3 is 2.46 bits per heavy atom. The lowest BCUT2D eigenvalue weighted by molar-refractivity contribution is -0.144. The maximum atomic E-state index is 13.7. The molecule has 35 heavy (non-hydrogen) atoms. The van der Waals surface area contributed by atoms with Gasteiger partial charge in [0.05, 0.1) is 11.3 Å². The van der Waals surface area contributed by atoms with Crippen molar-refractivity contribution < 1.29 is 39.6 Å². The van der Waals surface area contributed by atoms with Crippen molar-refractivity contribution in [2.75, 3.05) is 26.1 Å². The largest absolute Gasteiger partial charge is 0.511 e. The van der Waals surface area contributed by atoms with Crippen LogP contribution in [0.2, 0.25) is 0 Å². The van der Waals surface area contributed by atoms with Crippen LogP contribution in [0.4, 0.5) is 5.69 Å². The van der Waals surface area contributed by atoms with Crippen LogP contribution in [0.25, 0.3) is 0 Å². The number of aliphatic hydroxyl groups excluding tert-OH is 2. The van der Waals surface area contributed by atoms with Crippen LogP contribution in [0.1, 0.15) is 41.3 Å². The van der Waals surface area contributed by atoms with Crippen LogP contribution in [0.5, 0.6) is 5.75 Å². The number of carbonyl (C=O) groups is 3. The van der Waals surface area contributed by atoms with E-state index in [1.807, 2.05) is 0 Å². The van der Waals surface area contributed by atoms with Gasteiger partial charge in [-0.1, -0.05) is 5.16 Å². The second-order valence-electron chi connectivity index (χ2n) is 9.31. The molecule has 0 heterocycles. The molecule has 11 heteroatoms. The molecule has 0 spiro atoms. The molecular formula is C24H27N3O8. The number of hydrogen-bond donors (Lipinski definition) is 5. The molecule has 0 aliphatic heterocycles. The Morgan fingerprint density at radius 2 is 1.89 bits per heavy atom. The molecular weight excluding hydrogens is 458 g/mol. The van der Waals surface area contributed by atoms with Gasteiger partial charge in [0.1, 0.15) is 30.0 Å². The molecule has 0 fully saturated rings. The lowest BCUT2D eigenvalue weighted by atomic mass is 9.60. The third-order valence-electron chi connectivity index (χ3n) is 7.14. The van der Waals surface area contributed by atoms with Crippen molar-refractivity contribution in [2.24, 2.45) is 22.7 Å². The highest BCUT2D eigenvalue weighted by Gasteiger charge is 2.59. The maximum Gasteiger partial charge on any atom is 0.255 e. The SMILES string of the molecule is CO/N=C(/C)c1cc(N(C)C)c2c(c1O)C(=O)C1=C(O)[C@]3(O)C(=O)C(C(N)=O)=C(O)C[C@@H]3C[C@@H]1C2. The van der Waals surface area contributed by atoms with E-state index in [-0.39, 0.29) is 41.7 Å². The van der Waals surface area contributed by atoms with Crippen LogP contribution in [0.15, 0.2) is 33.9 Å². The predicted octanol–water partition coefficient (Wildman–Crippen LogP) is 1.02. The molecule has 1 aromatic carbocycles. The third kappa shape index (κ3) is 3.29. The highest BCUT2D eigenvalue weighted by Crippen LogP contribution is 2.52. The van der Waals surface area contributed by atoms with Gasteiger partial charge in [-0.2, -0.15) is 0 Å². The number of phenolic OH excluding ortho intramolecular Hbond substituents is 1. The molecule has 0 radical (unpaired) electrons. The molecule has 4 rings (SSSR count). The number of phenols is 1. The molecule has 1 aromatic rings. The molecule has 0 aromatic heterocycles. The van der Waals surface area contributed by atoms with E-state index >= 15 is 0 Å². The van der Waals surface area contributed by atoms with Crippen LogP contribution in [-0.4, -0.2) is 70.4 Å². The Kier molecular flexibility index (Phi) is 5.63. The van der Waals surface area contributed by atoms with Crippen LogP contribution < -0.4 is 10.6 Å². The van der Waals surface area contributed by atoms with Crippen LogP contribution >= 0.6 is 0 Å². The molecule has 11 nitrogen and oxygen atoms in total. The molecule has 0 unspecified atom stereocenters. The van der Waals surface area contributed by atoms with E-state index in [4.69, 9.17) is 10.6 Å². The van der Waals surface area contributed by atoms with Gasteiger partial charge in [0.2, 0.25) is 5.78 Å². The number of oxime groups is 1. The van der Waals surface area contributed by atoms with Gasteiger partial charge in [-0.05, 0) is 37.3 Å². The fourth-order valence-corrected chi connectivity index (χ4v) is 5.53. The zero-order valence-corrected chi connectivity index (χ0v) is 19.7. The molecule has 0 saturated heterocycles. The van der Waals surface area contributed by atoms with E-state index in [1.165, 1.54) is 7.11 Å². The van der Waals surface area contributed by atoms with Crippen LogP contribution in [0, 0.1) is 11.8 Å². The molecule has 6 N–H and O–H groups in total. The van der Waals surface area contributed by atoms with E-state index in [0.29, 0.717) is 17.0 Å². The number of primary amides is 1. The van der Waals surface area contributed by atoms with E-state index in [0.717, 1.165) is 0 Å². The van der Waals surface area contributed by atoms with Crippen molar-refractivity contribution in [1.29, 1.82) is 0 Å². The standard InChI is InChI=1S/C24H27N3O8/c1-9(26-35-4)12-8-14(27(2)3)13-6-10-5-11-7-15(28)18(23(25)33)22(32)24(11,34)21(31)16(10)20(30)17(13)19(12)29/h8,10-11,28-29,31,34H,5-7H2,1-4H3,(H2,25,33)/b26-9-/t10-,11+,24+/m1/s1. The van der Waals surface area contributed by atoms with Gasteiger partial charge in [0.25, 0.3) is 5.91 Å². The Bertz CT molecular complexity index is 1280. The first-order valence-corrected chi connectivity index (χ1v) is 11.0. The van der Waals surface area contributed by atoms with E-state index in [9.17, 15) is 34.8 Å². The number of fused-ring (bicyclic) bond motifs is 3. The quantitative estimate of drug-likeness (QED) is 0.236. The van der Waals surface area contributed by atoms with Crippen molar-refractivity contribution >= 4 is 28.9 Å². The number of rotatable bonds is 4. The number of carbonyl (C=O) groups excluding carboxylic acids is 3. The Labute approximate surface area is 200 Å². The lowest BCUT2D eigenvalue weighted by Gasteiger charge is -2.46. The summed E-state index contributed by atoms with van der Waals surface area (Å²) in [4.78, 5) is 45.1. The number of ketones is 2. The number of hydrogen-bond acceptors (Lipinski definition) is 10. The van der Waals surface area contributed by atoms with Gasteiger partial charge < -0.3 is 35.9 Å². The summed E-state index contributed by atoms with van der Waals surface area (Å²) >= 11 is 0. The molecule has 0 bridgehead atoms. The first-order valence-electron chi connectivity index (χ1n) is 11.0. The van der Waals surface area contributed by atoms with Crippen LogP contribution in [-0.2, 0) is 20.8 Å². The first-order chi connectivity index (χ1) is 16.4. The monoisotopic (exact) mass is 485 g/mol. The highest BCUT2D eigenvalue weighted by atomic mass is 16.6. The summed E-state index contributed by atoms with van der Waals surface area (Å²) in [6.07, 6.45) is 0.0193. The van der Waals surface area contributed by atoms with Crippen molar-refractivity contribution in [2.45, 2.75) is 31.8 Å². The Balaban J connectivity index is 1.96. The average Bonchev–Trinajstić information content (AvgIpc) is 2.76. The Morgan fingerprint density at radius 1 is 1.23 bits per heavy atom. The van der Waals surface area contributed by atoms with Crippen molar-refractivity contribution in [3.05, 3.63) is 45.4 Å². The fourth-order valence-electron chi connectivity index (χ4n) is 5.53. The third-order valence-corrected chi connectivity index (χ3v) is 7.14. The number of amides is 1. The number of allylic oxidation sites excluding steroid dienone is 2. The van der Waals surface area contributed by atoms with Crippen molar-refractivity contribution in [3.8, 4) is 5.75 Å².